The largest absolute Gasteiger partial charge is 0.490 e. The molecule has 1 aliphatic rings. The maximum Gasteiger partial charge on any atom is 0.319 e. The van der Waals surface area contributed by atoms with Gasteiger partial charge in [0.15, 0.2) is 0 Å². The summed E-state index contributed by atoms with van der Waals surface area (Å²) in [4.78, 5) is 30.8. The number of pyridine rings is 1. The summed E-state index contributed by atoms with van der Waals surface area (Å²) >= 11 is 0. The van der Waals surface area contributed by atoms with Gasteiger partial charge in [0.25, 0.3) is 5.91 Å². The Hall–Kier alpha value is -3.89. The number of hydrogen-bond donors (Lipinski definition) is 4. The molecule has 5 N–H and O–H groups in total. The van der Waals surface area contributed by atoms with Crippen molar-refractivity contribution in [1.82, 2.24) is 15.2 Å². The zero-order chi connectivity index (χ0) is 27.2. The van der Waals surface area contributed by atoms with Crippen LogP contribution in [0.4, 0.5) is 10.5 Å². The van der Waals surface area contributed by atoms with Crippen LogP contribution in [-0.2, 0) is 0 Å². The molecule has 3 amide bonds. The van der Waals surface area contributed by atoms with Crippen molar-refractivity contribution >= 4 is 28.5 Å². The van der Waals surface area contributed by atoms with Crippen LogP contribution in [0.2, 0.25) is 0 Å². The van der Waals surface area contributed by atoms with Crippen molar-refractivity contribution < 1.29 is 24.2 Å². The predicted octanol–water partition coefficient (Wildman–Crippen LogP) is 3.80. The number of likely N-dealkylation sites (N-methyl/N-ethyl adjacent to an activating group) is 1. The lowest BCUT2D eigenvalue weighted by Crippen LogP contribution is -2.35. The fourth-order valence-corrected chi connectivity index (χ4v) is 4.11. The summed E-state index contributed by atoms with van der Waals surface area (Å²) in [5, 5.41) is 16.7. The molecule has 0 aliphatic heterocycles. The fourth-order valence-electron chi connectivity index (χ4n) is 4.11. The van der Waals surface area contributed by atoms with Crippen LogP contribution in [-0.4, -0.2) is 65.3 Å². The van der Waals surface area contributed by atoms with Crippen molar-refractivity contribution in [1.29, 1.82) is 0 Å². The van der Waals surface area contributed by atoms with E-state index in [9.17, 15) is 14.7 Å². The standard InChI is InChI=1S/C28H35N5O5/c1-4-33(5-2)15-19(34)16-37-26-14-24-21(13-22(26)27(29)35)25(10-11-30-24)38-20-8-9-23(17(3)12-20)32-28(36)31-18-6-7-18/h8-14,18-19,34H,4-7,15-16H2,1-3H3,(H2,29,35)(H2,31,32,36)/t19-/m1/s1. The van der Waals surface area contributed by atoms with E-state index in [-0.39, 0.29) is 30.0 Å². The first-order valence-corrected chi connectivity index (χ1v) is 12.9. The molecule has 1 saturated carbocycles. The first-order chi connectivity index (χ1) is 18.3. The summed E-state index contributed by atoms with van der Waals surface area (Å²) < 4.78 is 11.9. The molecule has 2 aromatic carbocycles. The molecule has 10 heteroatoms. The van der Waals surface area contributed by atoms with Gasteiger partial charge in [-0.15, -0.1) is 0 Å². The zero-order valence-electron chi connectivity index (χ0n) is 22.0. The Morgan fingerprint density at radius 3 is 2.58 bits per heavy atom. The van der Waals surface area contributed by atoms with Gasteiger partial charge in [0, 0.05) is 35.9 Å². The van der Waals surface area contributed by atoms with Gasteiger partial charge in [0.2, 0.25) is 0 Å². The van der Waals surface area contributed by atoms with Crippen LogP contribution in [0.5, 0.6) is 17.2 Å². The number of carbonyl (C=O) groups excluding carboxylic acids is 2. The first-order valence-electron chi connectivity index (χ1n) is 12.9. The summed E-state index contributed by atoms with van der Waals surface area (Å²) in [6, 6.07) is 10.3. The topological polar surface area (TPSA) is 139 Å². The quantitative estimate of drug-likeness (QED) is 0.284. The van der Waals surface area contributed by atoms with E-state index in [1.54, 1.807) is 36.5 Å². The molecule has 0 bridgehead atoms. The molecule has 202 valence electrons. The number of nitrogens with zero attached hydrogens (tertiary/aromatic N) is 2. The number of urea groups is 1. The Morgan fingerprint density at radius 2 is 1.92 bits per heavy atom. The van der Waals surface area contributed by atoms with Crippen molar-refractivity contribution in [2.75, 3.05) is 31.6 Å². The number of aliphatic hydroxyl groups excluding tert-OH is 1. The molecule has 0 saturated heterocycles. The fraction of sp³-hybridized carbons (Fsp3) is 0.393. The number of carbonyl (C=O) groups is 2. The molecule has 1 fully saturated rings. The van der Waals surface area contributed by atoms with E-state index in [0.717, 1.165) is 31.5 Å². The highest BCUT2D eigenvalue weighted by atomic mass is 16.5. The van der Waals surface area contributed by atoms with Gasteiger partial charge < -0.3 is 35.8 Å². The molecular formula is C28H35N5O5. The van der Waals surface area contributed by atoms with Gasteiger partial charge in [-0.1, -0.05) is 13.8 Å². The second-order valence-electron chi connectivity index (χ2n) is 9.44. The van der Waals surface area contributed by atoms with E-state index in [4.69, 9.17) is 15.2 Å². The predicted molar refractivity (Wildman–Crippen MR) is 146 cm³/mol. The van der Waals surface area contributed by atoms with Gasteiger partial charge in [-0.2, -0.15) is 0 Å². The minimum atomic E-state index is -0.727. The van der Waals surface area contributed by atoms with Crippen molar-refractivity contribution in [2.24, 2.45) is 5.73 Å². The Bertz CT molecular complexity index is 1310. The minimum absolute atomic E-state index is 0.0107. The number of anilines is 1. The third kappa shape index (κ3) is 6.90. The number of primary amides is 1. The number of benzene rings is 2. The summed E-state index contributed by atoms with van der Waals surface area (Å²) in [5.41, 5.74) is 7.90. The molecule has 1 atom stereocenters. The number of nitrogens with one attached hydrogen (secondary N) is 2. The summed E-state index contributed by atoms with van der Waals surface area (Å²) in [5.74, 6) is 0.635. The molecule has 0 unspecified atom stereocenters. The maximum atomic E-state index is 12.3. The molecule has 0 spiro atoms. The third-order valence-electron chi connectivity index (χ3n) is 6.45. The number of aromatic nitrogens is 1. The van der Waals surface area contributed by atoms with Gasteiger partial charge in [0.05, 0.1) is 11.1 Å². The second kappa shape index (κ2) is 12.1. The Morgan fingerprint density at radius 1 is 1.16 bits per heavy atom. The molecule has 0 radical (unpaired) electrons. The normalized spacial score (nSPS) is 13.8. The molecule has 4 rings (SSSR count). The van der Waals surface area contributed by atoms with Crippen molar-refractivity contribution in [3.05, 3.63) is 53.7 Å². The van der Waals surface area contributed by atoms with Gasteiger partial charge in [-0.3, -0.25) is 9.78 Å². The highest BCUT2D eigenvalue weighted by molar-refractivity contribution is 6.01. The van der Waals surface area contributed by atoms with E-state index in [2.05, 4.69) is 20.5 Å². The minimum Gasteiger partial charge on any atom is -0.490 e. The van der Waals surface area contributed by atoms with E-state index in [0.29, 0.717) is 34.6 Å². The van der Waals surface area contributed by atoms with E-state index >= 15 is 0 Å². The van der Waals surface area contributed by atoms with Crippen molar-refractivity contribution in [2.45, 2.75) is 45.8 Å². The Kier molecular flexibility index (Phi) is 8.65. The van der Waals surface area contributed by atoms with Crippen molar-refractivity contribution in [3.63, 3.8) is 0 Å². The number of aliphatic hydroxyl groups is 1. The lowest BCUT2D eigenvalue weighted by Gasteiger charge is -2.22. The summed E-state index contributed by atoms with van der Waals surface area (Å²) in [6.07, 6.45) is 2.91. The van der Waals surface area contributed by atoms with Crippen LogP contribution in [0.15, 0.2) is 42.6 Å². The summed E-state index contributed by atoms with van der Waals surface area (Å²) in [6.45, 7) is 8.04. The number of ether oxygens (including phenoxy) is 2. The second-order valence-corrected chi connectivity index (χ2v) is 9.44. The van der Waals surface area contributed by atoms with Crippen molar-refractivity contribution in [3.8, 4) is 17.2 Å². The number of amides is 3. The monoisotopic (exact) mass is 521 g/mol. The zero-order valence-corrected chi connectivity index (χ0v) is 22.0. The summed E-state index contributed by atoms with van der Waals surface area (Å²) in [7, 11) is 0. The smallest absolute Gasteiger partial charge is 0.319 e. The van der Waals surface area contributed by atoms with Gasteiger partial charge >= 0.3 is 6.03 Å². The third-order valence-corrected chi connectivity index (χ3v) is 6.45. The number of aryl methyl sites for hydroxylation is 1. The van der Waals surface area contributed by atoms with Gasteiger partial charge in [-0.25, -0.2) is 4.79 Å². The van der Waals surface area contributed by atoms with Crippen LogP contribution in [0.1, 0.15) is 42.6 Å². The molecule has 1 aliphatic carbocycles. The highest BCUT2D eigenvalue weighted by Crippen LogP contribution is 2.34. The first kappa shape index (κ1) is 27.2. The molecule has 38 heavy (non-hydrogen) atoms. The molecule has 10 nitrogen and oxygen atoms in total. The van der Waals surface area contributed by atoms with E-state index in [1.807, 2.05) is 26.8 Å². The Labute approximate surface area is 222 Å². The SMILES string of the molecule is CCN(CC)C[C@@H](O)COc1cc2nccc(Oc3ccc(NC(=O)NC4CC4)c(C)c3)c2cc1C(N)=O. The maximum absolute atomic E-state index is 12.3. The van der Waals surface area contributed by atoms with Crippen LogP contribution >= 0.6 is 0 Å². The van der Waals surface area contributed by atoms with Gasteiger partial charge in [0.1, 0.15) is 30.0 Å². The Balaban J connectivity index is 1.52. The average Bonchev–Trinajstić information content (AvgIpc) is 3.71. The van der Waals surface area contributed by atoms with Crippen LogP contribution in [0.25, 0.3) is 10.9 Å². The molecule has 3 aromatic rings. The highest BCUT2D eigenvalue weighted by Gasteiger charge is 2.23. The molecule has 1 aromatic heterocycles. The van der Waals surface area contributed by atoms with E-state index in [1.165, 1.54) is 0 Å². The van der Waals surface area contributed by atoms with Crippen LogP contribution < -0.4 is 25.8 Å². The van der Waals surface area contributed by atoms with Gasteiger partial charge in [-0.05, 0) is 68.8 Å². The molecular weight excluding hydrogens is 486 g/mol. The number of fused-ring (bicyclic) bond motifs is 1. The lowest BCUT2D eigenvalue weighted by molar-refractivity contribution is 0.0708. The van der Waals surface area contributed by atoms with Crippen LogP contribution in [0.3, 0.4) is 0 Å². The number of nitrogens with two attached hydrogens (primary N) is 1. The average molecular weight is 522 g/mol. The van der Waals surface area contributed by atoms with E-state index < -0.39 is 12.0 Å². The number of hydrogen-bond acceptors (Lipinski definition) is 7. The molecule has 1 heterocycles. The number of rotatable bonds is 12. The lowest BCUT2D eigenvalue weighted by atomic mass is 10.1. The van der Waals surface area contributed by atoms with Crippen LogP contribution in [0, 0.1) is 6.92 Å².